The van der Waals surface area contributed by atoms with Crippen LogP contribution < -0.4 is 10.6 Å². The summed E-state index contributed by atoms with van der Waals surface area (Å²) in [6.45, 7) is 6.08. The number of rotatable bonds is 2. The van der Waals surface area contributed by atoms with Gasteiger partial charge in [-0.2, -0.15) is 0 Å². The average Bonchev–Trinajstić information content (AvgIpc) is 2.28. The van der Waals surface area contributed by atoms with Gasteiger partial charge in [0.25, 0.3) is 0 Å². The maximum absolute atomic E-state index is 5.99. The lowest BCUT2D eigenvalue weighted by Gasteiger charge is -2.31. The summed E-state index contributed by atoms with van der Waals surface area (Å²) in [5, 5.41) is 0. The molecular weight excluding hydrogens is 200 g/mol. The van der Waals surface area contributed by atoms with Crippen LogP contribution in [0.1, 0.15) is 31.3 Å². The molecule has 0 bridgehead atoms. The van der Waals surface area contributed by atoms with E-state index >= 15 is 0 Å². The Balaban J connectivity index is 2.21. The van der Waals surface area contributed by atoms with E-state index in [2.05, 4.69) is 27.9 Å². The summed E-state index contributed by atoms with van der Waals surface area (Å²) < 4.78 is 0. The third kappa shape index (κ3) is 2.50. The van der Waals surface area contributed by atoms with Gasteiger partial charge in [-0.3, -0.25) is 0 Å². The average molecular weight is 220 g/mol. The van der Waals surface area contributed by atoms with Crippen molar-refractivity contribution in [1.82, 2.24) is 9.97 Å². The highest BCUT2D eigenvalue weighted by atomic mass is 15.2. The van der Waals surface area contributed by atoms with Crippen molar-refractivity contribution in [3.63, 3.8) is 0 Å². The number of piperidine rings is 1. The SMILES string of the molecule is CCc1nc(C)cc(N2CCC[C@@H](N)C2)n1. The standard InChI is InChI=1S/C12H20N4/c1-3-11-14-9(2)7-12(15-11)16-6-4-5-10(13)8-16/h7,10H,3-6,8,13H2,1-2H3/t10-/m1/s1. The molecule has 1 aromatic heterocycles. The third-order valence-corrected chi connectivity index (χ3v) is 2.99. The van der Waals surface area contributed by atoms with Gasteiger partial charge >= 0.3 is 0 Å². The normalized spacial score (nSPS) is 21.2. The fourth-order valence-corrected chi connectivity index (χ4v) is 2.15. The predicted molar refractivity (Wildman–Crippen MR) is 65.6 cm³/mol. The van der Waals surface area contributed by atoms with E-state index in [9.17, 15) is 0 Å². The minimum absolute atomic E-state index is 0.286. The first kappa shape index (κ1) is 11.3. The Morgan fingerprint density at radius 3 is 3.00 bits per heavy atom. The molecule has 0 radical (unpaired) electrons. The van der Waals surface area contributed by atoms with Gasteiger partial charge in [0.1, 0.15) is 11.6 Å². The molecule has 0 unspecified atom stereocenters. The van der Waals surface area contributed by atoms with Crippen LogP contribution in [-0.2, 0) is 6.42 Å². The molecule has 1 aromatic rings. The van der Waals surface area contributed by atoms with E-state index < -0.39 is 0 Å². The summed E-state index contributed by atoms with van der Waals surface area (Å²) >= 11 is 0. The zero-order chi connectivity index (χ0) is 11.5. The molecule has 1 aliphatic rings. The Morgan fingerprint density at radius 2 is 2.31 bits per heavy atom. The molecule has 0 spiro atoms. The van der Waals surface area contributed by atoms with Gasteiger partial charge in [0.15, 0.2) is 0 Å². The Bertz CT molecular complexity index is 364. The Hall–Kier alpha value is -1.16. The van der Waals surface area contributed by atoms with E-state index in [1.54, 1.807) is 0 Å². The topological polar surface area (TPSA) is 55.0 Å². The number of nitrogens with two attached hydrogens (primary N) is 1. The van der Waals surface area contributed by atoms with Crippen LogP contribution in [0.4, 0.5) is 5.82 Å². The van der Waals surface area contributed by atoms with Gasteiger partial charge in [-0.15, -0.1) is 0 Å². The van der Waals surface area contributed by atoms with Gasteiger partial charge in [-0.05, 0) is 19.8 Å². The van der Waals surface area contributed by atoms with Crippen LogP contribution in [0.15, 0.2) is 6.07 Å². The molecule has 0 amide bonds. The zero-order valence-electron chi connectivity index (χ0n) is 10.1. The Morgan fingerprint density at radius 1 is 1.50 bits per heavy atom. The largest absolute Gasteiger partial charge is 0.355 e. The summed E-state index contributed by atoms with van der Waals surface area (Å²) in [6, 6.07) is 2.34. The predicted octanol–water partition coefficient (Wildman–Crippen LogP) is 1.27. The summed E-state index contributed by atoms with van der Waals surface area (Å²) in [5.74, 6) is 1.97. The molecule has 2 N–H and O–H groups in total. The highest BCUT2D eigenvalue weighted by Crippen LogP contribution is 2.18. The molecule has 2 rings (SSSR count). The molecule has 1 fully saturated rings. The van der Waals surface area contributed by atoms with E-state index in [0.29, 0.717) is 0 Å². The van der Waals surface area contributed by atoms with Crippen LogP contribution in [0, 0.1) is 6.92 Å². The second-order valence-corrected chi connectivity index (χ2v) is 4.49. The van der Waals surface area contributed by atoms with Crippen molar-refractivity contribution < 1.29 is 0 Å². The Kier molecular flexibility index (Phi) is 3.39. The first-order valence-corrected chi connectivity index (χ1v) is 6.04. The molecule has 88 valence electrons. The van der Waals surface area contributed by atoms with Gasteiger partial charge < -0.3 is 10.6 Å². The van der Waals surface area contributed by atoms with Gasteiger partial charge in [0.2, 0.25) is 0 Å². The van der Waals surface area contributed by atoms with Crippen molar-refractivity contribution in [2.75, 3.05) is 18.0 Å². The number of hydrogen-bond acceptors (Lipinski definition) is 4. The number of aryl methyl sites for hydroxylation is 2. The minimum atomic E-state index is 0.286. The van der Waals surface area contributed by atoms with Crippen molar-refractivity contribution in [3.05, 3.63) is 17.6 Å². The number of nitrogens with zero attached hydrogens (tertiary/aromatic N) is 3. The van der Waals surface area contributed by atoms with E-state index in [-0.39, 0.29) is 6.04 Å². The first-order chi connectivity index (χ1) is 7.69. The van der Waals surface area contributed by atoms with Gasteiger partial charge in [-0.25, -0.2) is 9.97 Å². The lowest BCUT2D eigenvalue weighted by Crippen LogP contribution is -2.43. The highest BCUT2D eigenvalue weighted by Gasteiger charge is 2.18. The van der Waals surface area contributed by atoms with Gasteiger partial charge in [-0.1, -0.05) is 6.92 Å². The van der Waals surface area contributed by atoms with Crippen molar-refractivity contribution in [3.8, 4) is 0 Å². The molecule has 2 heterocycles. The smallest absolute Gasteiger partial charge is 0.132 e. The monoisotopic (exact) mass is 220 g/mol. The maximum atomic E-state index is 5.99. The van der Waals surface area contributed by atoms with Crippen LogP contribution in [-0.4, -0.2) is 29.1 Å². The minimum Gasteiger partial charge on any atom is -0.355 e. The van der Waals surface area contributed by atoms with Gasteiger partial charge in [0.05, 0.1) is 0 Å². The lowest BCUT2D eigenvalue weighted by molar-refractivity contribution is 0.502. The van der Waals surface area contributed by atoms with Crippen molar-refractivity contribution in [2.24, 2.45) is 5.73 Å². The molecule has 1 aliphatic heterocycles. The third-order valence-electron chi connectivity index (χ3n) is 2.99. The van der Waals surface area contributed by atoms with Crippen LogP contribution in [0.3, 0.4) is 0 Å². The van der Waals surface area contributed by atoms with Crippen LogP contribution in [0.2, 0.25) is 0 Å². The van der Waals surface area contributed by atoms with Crippen LogP contribution in [0.5, 0.6) is 0 Å². The maximum Gasteiger partial charge on any atom is 0.132 e. The Labute approximate surface area is 96.9 Å². The number of anilines is 1. The van der Waals surface area contributed by atoms with E-state index in [1.807, 2.05) is 6.92 Å². The second kappa shape index (κ2) is 4.78. The molecule has 0 aliphatic carbocycles. The van der Waals surface area contributed by atoms with E-state index in [1.165, 1.54) is 0 Å². The van der Waals surface area contributed by atoms with E-state index in [4.69, 9.17) is 5.73 Å². The summed E-state index contributed by atoms with van der Waals surface area (Å²) in [6.07, 6.45) is 3.17. The fraction of sp³-hybridized carbons (Fsp3) is 0.667. The van der Waals surface area contributed by atoms with Crippen molar-refractivity contribution in [1.29, 1.82) is 0 Å². The summed E-state index contributed by atoms with van der Waals surface area (Å²) in [4.78, 5) is 11.2. The molecule has 4 heteroatoms. The molecule has 0 saturated carbocycles. The van der Waals surface area contributed by atoms with Crippen LogP contribution >= 0.6 is 0 Å². The van der Waals surface area contributed by atoms with Crippen molar-refractivity contribution >= 4 is 5.82 Å². The number of hydrogen-bond donors (Lipinski definition) is 1. The molecule has 0 aromatic carbocycles. The molecule has 4 nitrogen and oxygen atoms in total. The first-order valence-electron chi connectivity index (χ1n) is 6.04. The summed E-state index contributed by atoms with van der Waals surface area (Å²) in [5.41, 5.74) is 7.03. The quantitative estimate of drug-likeness (QED) is 0.815. The molecule has 1 saturated heterocycles. The molecular formula is C12H20N4. The van der Waals surface area contributed by atoms with Gasteiger partial charge in [0, 0.05) is 37.3 Å². The molecule has 1 atom stereocenters. The lowest BCUT2D eigenvalue weighted by atomic mass is 10.1. The molecule has 16 heavy (non-hydrogen) atoms. The summed E-state index contributed by atoms with van der Waals surface area (Å²) in [7, 11) is 0. The fourth-order valence-electron chi connectivity index (χ4n) is 2.15. The number of aromatic nitrogens is 2. The second-order valence-electron chi connectivity index (χ2n) is 4.49. The zero-order valence-corrected chi connectivity index (χ0v) is 10.1. The van der Waals surface area contributed by atoms with Crippen molar-refractivity contribution in [2.45, 2.75) is 39.2 Å². The van der Waals surface area contributed by atoms with E-state index in [0.717, 1.165) is 49.7 Å². The van der Waals surface area contributed by atoms with Crippen LogP contribution in [0.25, 0.3) is 0 Å². The highest BCUT2D eigenvalue weighted by molar-refractivity contribution is 5.40.